The van der Waals surface area contributed by atoms with Crippen LogP contribution in [0.3, 0.4) is 0 Å². The molecule has 0 unspecified atom stereocenters. The van der Waals surface area contributed by atoms with E-state index in [1.54, 1.807) is 0 Å². The Balaban J connectivity index is 1.51. The van der Waals surface area contributed by atoms with Crippen molar-refractivity contribution in [3.05, 3.63) is 24.3 Å². The second-order valence-electron chi connectivity index (χ2n) is 9.25. The molecule has 3 atom stereocenters. The van der Waals surface area contributed by atoms with Crippen LogP contribution in [0.2, 0.25) is 0 Å². The number of likely N-dealkylation sites (tertiary alicyclic amines) is 1. The Hall–Kier alpha value is -1.59. The fourth-order valence-corrected chi connectivity index (χ4v) is 4.85. The summed E-state index contributed by atoms with van der Waals surface area (Å²) in [6, 6.07) is 8.40. The minimum Gasteiger partial charge on any atom is -0.492 e. The fraction of sp³-hybridized carbons (Fsp3) is 0.720. The number of nitrogens with one attached hydrogen (secondary N) is 1. The van der Waals surface area contributed by atoms with Crippen molar-refractivity contribution in [1.82, 2.24) is 4.90 Å². The molecule has 5 heteroatoms. The average molecular weight is 417 g/mol. The van der Waals surface area contributed by atoms with Crippen LogP contribution in [0.1, 0.15) is 72.1 Å². The molecule has 1 N–H and O–H groups in total. The molecular weight excluding hydrogens is 376 g/mol. The van der Waals surface area contributed by atoms with Crippen molar-refractivity contribution in [3.8, 4) is 5.75 Å². The molecule has 1 saturated heterocycles. The molecule has 5 nitrogen and oxygen atoms in total. The van der Waals surface area contributed by atoms with Gasteiger partial charge >= 0.3 is 0 Å². The van der Waals surface area contributed by atoms with Crippen LogP contribution in [-0.2, 0) is 9.53 Å². The maximum Gasteiger partial charge on any atom is 0.256 e. The highest BCUT2D eigenvalue weighted by Gasteiger charge is 2.42. The first kappa shape index (κ1) is 23.1. The van der Waals surface area contributed by atoms with E-state index in [2.05, 4.69) is 31.0 Å². The number of piperidine rings is 1. The van der Waals surface area contributed by atoms with Crippen LogP contribution >= 0.6 is 0 Å². The Kier molecular flexibility index (Phi) is 8.58. The monoisotopic (exact) mass is 416 g/mol. The second-order valence-corrected chi connectivity index (χ2v) is 9.25. The number of nitrogens with zero attached hydrogens (tertiary/aromatic N) is 1. The van der Waals surface area contributed by atoms with Gasteiger partial charge in [-0.05, 0) is 82.2 Å². The Morgan fingerprint density at radius 3 is 2.63 bits per heavy atom. The van der Waals surface area contributed by atoms with Gasteiger partial charge in [-0.25, -0.2) is 0 Å². The number of carbonyl (C=O) groups is 1. The number of amides is 1. The third-order valence-corrected chi connectivity index (χ3v) is 6.65. The fourth-order valence-electron chi connectivity index (χ4n) is 4.85. The predicted octanol–water partition coefficient (Wildman–Crippen LogP) is 5.25. The molecular formula is C25H40N2O3. The lowest BCUT2D eigenvalue weighted by molar-refractivity contribution is -0.148. The summed E-state index contributed by atoms with van der Waals surface area (Å²) in [6.45, 7) is 10.1. The molecule has 168 valence electrons. The van der Waals surface area contributed by atoms with Gasteiger partial charge in [0.1, 0.15) is 18.0 Å². The van der Waals surface area contributed by atoms with Crippen LogP contribution < -0.4 is 10.1 Å². The highest BCUT2D eigenvalue weighted by molar-refractivity contribution is 5.97. The number of carbonyl (C=O) groups excluding carboxylic acids is 1. The van der Waals surface area contributed by atoms with E-state index in [1.807, 2.05) is 24.3 Å². The van der Waals surface area contributed by atoms with Crippen molar-refractivity contribution in [2.75, 3.05) is 31.6 Å². The SMILES string of the molecule is CCCO[C@]1(C(=O)Nc2ccc(OCCN3CCCC[C@H]3C)cc2)CCC[C@H](C)C1. The molecule has 1 aromatic rings. The molecule has 1 aliphatic carbocycles. The van der Waals surface area contributed by atoms with Gasteiger partial charge in [-0.2, -0.15) is 0 Å². The van der Waals surface area contributed by atoms with Gasteiger partial charge in [0, 0.05) is 24.9 Å². The van der Waals surface area contributed by atoms with Crippen LogP contribution in [0.5, 0.6) is 5.75 Å². The zero-order valence-corrected chi connectivity index (χ0v) is 19.1. The summed E-state index contributed by atoms with van der Waals surface area (Å²) in [7, 11) is 0. The van der Waals surface area contributed by atoms with Crippen LogP contribution in [0.25, 0.3) is 0 Å². The molecule has 1 aromatic carbocycles. The van der Waals surface area contributed by atoms with Crippen molar-refractivity contribution in [1.29, 1.82) is 0 Å². The van der Waals surface area contributed by atoms with E-state index in [4.69, 9.17) is 9.47 Å². The molecule has 3 rings (SSSR count). The summed E-state index contributed by atoms with van der Waals surface area (Å²) in [4.78, 5) is 15.6. The molecule has 2 fully saturated rings. The molecule has 1 saturated carbocycles. The van der Waals surface area contributed by atoms with Crippen LogP contribution in [-0.4, -0.2) is 48.8 Å². The molecule has 0 bridgehead atoms. The lowest BCUT2D eigenvalue weighted by atomic mass is 9.78. The quantitative estimate of drug-likeness (QED) is 0.597. The Bertz CT molecular complexity index is 663. The maximum absolute atomic E-state index is 13.1. The molecule has 1 aliphatic heterocycles. The highest BCUT2D eigenvalue weighted by Crippen LogP contribution is 2.36. The first-order valence-corrected chi connectivity index (χ1v) is 11.9. The standard InChI is InChI=1S/C25H40N2O3/c1-4-17-30-25(14-7-8-20(2)19-25)24(28)26-22-10-12-23(13-11-22)29-18-16-27-15-6-5-9-21(27)3/h10-13,20-21H,4-9,14-19H2,1-3H3,(H,26,28)/t20-,21+,25+/m0/s1. The van der Waals surface area contributed by atoms with Gasteiger partial charge in [0.2, 0.25) is 0 Å². The van der Waals surface area contributed by atoms with Crippen molar-refractivity contribution in [2.45, 2.75) is 83.8 Å². The topological polar surface area (TPSA) is 50.8 Å². The van der Waals surface area contributed by atoms with E-state index in [0.717, 1.165) is 43.7 Å². The first-order chi connectivity index (χ1) is 14.5. The van der Waals surface area contributed by atoms with E-state index in [1.165, 1.54) is 32.2 Å². The lowest BCUT2D eigenvalue weighted by Crippen LogP contribution is -2.48. The highest BCUT2D eigenvalue weighted by atomic mass is 16.5. The summed E-state index contributed by atoms with van der Waals surface area (Å²) in [5.74, 6) is 1.36. The molecule has 1 amide bonds. The smallest absolute Gasteiger partial charge is 0.256 e. The van der Waals surface area contributed by atoms with Gasteiger partial charge in [0.25, 0.3) is 5.91 Å². The molecule has 0 radical (unpaired) electrons. The average Bonchev–Trinajstić information content (AvgIpc) is 2.75. The Labute approximate surface area is 182 Å². The first-order valence-electron chi connectivity index (χ1n) is 11.9. The van der Waals surface area contributed by atoms with Crippen molar-refractivity contribution in [2.24, 2.45) is 5.92 Å². The third kappa shape index (κ3) is 6.21. The van der Waals surface area contributed by atoms with Crippen LogP contribution in [0.15, 0.2) is 24.3 Å². The zero-order chi connectivity index (χ0) is 21.4. The lowest BCUT2D eigenvalue weighted by Gasteiger charge is -2.38. The second kappa shape index (κ2) is 11.1. The summed E-state index contributed by atoms with van der Waals surface area (Å²) in [5.41, 5.74) is 0.114. The minimum absolute atomic E-state index is 0.00439. The molecule has 30 heavy (non-hydrogen) atoms. The van der Waals surface area contributed by atoms with Crippen LogP contribution in [0.4, 0.5) is 5.69 Å². The largest absolute Gasteiger partial charge is 0.492 e. The van der Waals surface area contributed by atoms with E-state index in [0.29, 0.717) is 25.2 Å². The number of benzene rings is 1. The molecule has 0 spiro atoms. The van der Waals surface area contributed by atoms with Gasteiger partial charge in [-0.3, -0.25) is 9.69 Å². The van der Waals surface area contributed by atoms with Gasteiger partial charge in [-0.15, -0.1) is 0 Å². The summed E-state index contributed by atoms with van der Waals surface area (Å²) in [5, 5.41) is 3.10. The van der Waals surface area contributed by atoms with Crippen molar-refractivity contribution in [3.63, 3.8) is 0 Å². The number of ether oxygens (including phenoxy) is 2. The van der Waals surface area contributed by atoms with Gasteiger partial charge in [0.05, 0.1) is 0 Å². The number of hydrogen-bond acceptors (Lipinski definition) is 4. The van der Waals surface area contributed by atoms with E-state index in [-0.39, 0.29) is 5.91 Å². The van der Waals surface area contributed by atoms with E-state index < -0.39 is 5.60 Å². The van der Waals surface area contributed by atoms with E-state index in [9.17, 15) is 4.79 Å². The third-order valence-electron chi connectivity index (χ3n) is 6.65. The van der Waals surface area contributed by atoms with Crippen molar-refractivity contribution < 1.29 is 14.3 Å². The maximum atomic E-state index is 13.1. The Morgan fingerprint density at radius 1 is 1.13 bits per heavy atom. The van der Waals surface area contributed by atoms with Gasteiger partial charge in [0.15, 0.2) is 0 Å². The summed E-state index contributed by atoms with van der Waals surface area (Å²) >= 11 is 0. The number of hydrogen-bond donors (Lipinski definition) is 1. The Morgan fingerprint density at radius 2 is 1.93 bits per heavy atom. The van der Waals surface area contributed by atoms with Crippen LogP contribution in [0, 0.1) is 5.92 Å². The molecule has 2 aliphatic rings. The van der Waals surface area contributed by atoms with Crippen molar-refractivity contribution >= 4 is 11.6 Å². The van der Waals surface area contributed by atoms with Gasteiger partial charge in [-0.1, -0.05) is 26.7 Å². The molecule has 0 aromatic heterocycles. The molecule has 1 heterocycles. The summed E-state index contributed by atoms with van der Waals surface area (Å²) < 4.78 is 12.1. The normalized spacial score (nSPS) is 27.6. The number of rotatable bonds is 9. The van der Waals surface area contributed by atoms with Gasteiger partial charge < -0.3 is 14.8 Å². The number of anilines is 1. The predicted molar refractivity (Wildman–Crippen MR) is 122 cm³/mol. The zero-order valence-electron chi connectivity index (χ0n) is 19.1. The minimum atomic E-state index is -0.687. The van der Waals surface area contributed by atoms with E-state index >= 15 is 0 Å². The summed E-state index contributed by atoms with van der Waals surface area (Å²) in [6.07, 6.45) is 8.67.